The Balaban J connectivity index is 1.51. The van der Waals surface area contributed by atoms with E-state index in [0.717, 1.165) is 18.1 Å². The van der Waals surface area contributed by atoms with Crippen LogP contribution in [0.2, 0.25) is 0 Å². The fraction of sp³-hybridized carbons (Fsp3) is 0.519. The van der Waals surface area contributed by atoms with E-state index in [1.54, 1.807) is 12.1 Å². The first kappa shape index (κ1) is 22.4. The van der Waals surface area contributed by atoms with Gasteiger partial charge in [0.2, 0.25) is 0 Å². The van der Waals surface area contributed by atoms with Crippen LogP contribution in [-0.2, 0) is 0 Å². The second-order valence-corrected chi connectivity index (χ2v) is 8.81. The summed E-state index contributed by atoms with van der Waals surface area (Å²) in [4.78, 5) is 12.5. The molecular weight excluding hydrogens is 372 g/mol. The van der Waals surface area contributed by atoms with Gasteiger partial charge in [0.1, 0.15) is 11.5 Å². The lowest BCUT2D eigenvalue weighted by Gasteiger charge is -2.28. The van der Waals surface area contributed by atoms with Crippen LogP contribution < -0.4 is 9.47 Å². The molecule has 0 aromatic heterocycles. The number of carbonyl (C=O) groups excluding carboxylic acids is 1. The molecule has 3 rings (SSSR count). The lowest BCUT2D eigenvalue weighted by Crippen LogP contribution is -2.13. The molecule has 30 heavy (non-hydrogen) atoms. The molecule has 1 unspecified atom stereocenters. The molecular formula is C27H36O3. The largest absolute Gasteiger partial charge is 0.493 e. The Hall–Kier alpha value is -2.29. The Morgan fingerprint density at radius 1 is 0.933 bits per heavy atom. The van der Waals surface area contributed by atoms with E-state index in [2.05, 4.69) is 32.9 Å². The summed E-state index contributed by atoms with van der Waals surface area (Å²) >= 11 is 0. The van der Waals surface area contributed by atoms with Gasteiger partial charge in [-0.3, -0.25) is 0 Å². The van der Waals surface area contributed by atoms with Gasteiger partial charge < -0.3 is 9.47 Å². The number of rotatable bonds is 9. The molecule has 0 radical (unpaired) electrons. The molecule has 0 bridgehead atoms. The van der Waals surface area contributed by atoms with Crippen LogP contribution >= 0.6 is 0 Å². The van der Waals surface area contributed by atoms with Crippen LogP contribution in [0.3, 0.4) is 0 Å². The number of esters is 1. The van der Waals surface area contributed by atoms with Gasteiger partial charge >= 0.3 is 5.97 Å². The van der Waals surface area contributed by atoms with Crippen molar-refractivity contribution in [2.75, 3.05) is 6.61 Å². The van der Waals surface area contributed by atoms with Crippen molar-refractivity contribution >= 4 is 5.97 Å². The van der Waals surface area contributed by atoms with E-state index >= 15 is 0 Å². The van der Waals surface area contributed by atoms with Gasteiger partial charge in [0.05, 0.1) is 12.2 Å². The van der Waals surface area contributed by atoms with E-state index in [4.69, 9.17) is 9.47 Å². The third-order valence-corrected chi connectivity index (χ3v) is 6.43. The van der Waals surface area contributed by atoms with Crippen LogP contribution in [-0.4, -0.2) is 12.6 Å². The molecule has 1 atom stereocenters. The molecule has 1 saturated carbocycles. The minimum Gasteiger partial charge on any atom is -0.493 e. The lowest BCUT2D eigenvalue weighted by molar-refractivity contribution is 0.0734. The quantitative estimate of drug-likeness (QED) is 0.320. The number of hydrogen-bond acceptors (Lipinski definition) is 3. The molecule has 0 amide bonds. The predicted octanol–water partition coefficient (Wildman–Crippen LogP) is 7.40. The molecule has 3 nitrogen and oxygen atoms in total. The van der Waals surface area contributed by atoms with E-state index in [0.29, 0.717) is 29.8 Å². The monoisotopic (exact) mass is 408 g/mol. The SMILES string of the molecule is CCCC1CCC(c2ccc(OC(=O)c3ccc(OCC(C)CC)cc3)cc2)CC1. The Labute approximate surface area is 181 Å². The highest BCUT2D eigenvalue weighted by Crippen LogP contribution is 2.37. The Bertz CT molecular complexity index is 771. The standard InChI is InChI=1S/C27H36O3/c1-4-6-21-7-9-22(10-8-21)23-11-17-26(18-12-23)30-27(28)24-13-15-25(16-14-24)29-19-20(3)5-2/h11-18,20-22H,4-10,19H2,1-3H3. The van der Waals surface area contributed by atoms with Crippen molar-refractivity contribution in [1.29, 1.82) is 0 Å². The Kier molecular flexibility index (Phi) is 8.36. The highest BCUT2D eigenvalue weighted by molar-refractivity contribution is 5.91. The zero-order valence-electron chi connectivity index (χ0n) is 18.7. The summed E-state index contributed by atoms with van der Waals surface area (Å²) in [5.41, 5.74) is 1.90. The van der Waals surface area contributed by atoms with Crippen molar-refractivity contribution in [3.8, 4) is 11.5 Å². The Morgan fingerprint density at radius 3 is 2.17 bits per heavy atom. The normalized spacial score (nSPS) is 19.8. The third-order valence-electron chi connectivity index (χ3n) is 6.43. The maximum absolute atomic E-state index is 12.5. The molecule has 0 spiro atoms. The van der Waals surface area contributed by atoms with Crippen molar-refractivity contribution < 1.29 is 14.3 Å². The number of benzene rings is 2. The van der Waals surface area contributed by atoms with E-state index < -0.39 is 0 Å². The van der Waals surface area contributed by atoms with Crippen LogP contribution in [0.4, 0.5) is 0 Å². The maximum atomic E-state index is 12.5. The predicted molar refractivity (Wildman–Crippen MR) is 122 cm³/mol. The van der Waals surface area contributed by atoms with Gasteiger partial charge in [0.15, 0.2) is 0 Å². The third kappa shape index (κ3) is 6.35. The minimum atomic E-state index is -0.337. The average molecular weight is 409 g/mol. The smallest absolute Gasteiger partial charge is 0.343 e. The van der Waals surface area contributed by atoms with E-state index in [9.17, 15) is 4.79 Å². The molecule has 1 aliphatic rings. The lowest BCUT2D eigenvalue weighted by atomic mass is 9.77. The maximum Gasteiger partial charge on any atom is 0.343 e. The summed E-state index contributed by atoms with van der Waals surface area (Å²) in [6.07, 6.45) is 8.97. The van der Waals surface area contributed by atoms with Crippen LogP contribution in [0.15, 0.2) is 48.5 Å². The first-order valence-corrected chi connectivity index (χ1v) is 11.6. The topological polar surface area (TPSA) is 35.5 Å². The van der Waals surface area contributed by atoms with Gasteiger partial charge in [-0.05, 0) is 85.4 Å². The summed E-state index contributed by atoms with van der Waals surface area (Å²) < 4.78 is 11.3. The molecule has 0 N–H and O–H groups in total. The molecule has 1 fully saturated rings. The van der Waals surface area contributed by atoms with Gasteiger partial charge in [-0.25, -0.2) is 4.79 Å². The summed E-state index contributed by atoms with van der Waals surface area (Å²) in [7, 11) is 0. The van der Waals surface area contributed by atoms with Crippen molar-refractivity contribution in [2.24, 2.45) is 11.8 Å². The minimum absolute atomic E-state index is 0.337. The van der Waals surface area contributed by atoms with E-state index in [1.807, 2.05) is 24.3 Å². The van der Waals surface area contributed by atoms with Gasteiger partial charge in [0, 0.05) is 0 Å². The van der Waals surface area contributed by atoms with Gasteiger partial charge in [-0.15, -0.1) is 0 Å². The fourth-order valence-corrected chi connectivity index (χ4v) is 4.21. The zero-order chi connectivity index (χ0) is 21.3. The van der Waals surface area contributed by atoms with Crippen molar-refractivity contribution in [2.45, 2.75) is 71.6 Å². The molecule has 0 aliphatic heterocycles. The first-order chi connectivity index (χ1) is 14.6. The van der Waals surface area contributed by atoms with Crippen molar-refractivity contribution in [3.05, 3.63) is 59.7 Å². The van der Waals surface area contributed by atoms with Crippen molar-refractivity contribution in [3.63, 3.8) is 0 Å². The van der Waals surface area contributed by atoms with E-state index in [1.165, 1.54) is 44.1 Å². The van der Waals surface area contributed by atoms with Crippen LogP contribution in [0.1, 0.15) is 87.6 Å². The highest BCUT2D eigenvalue weighted by Gasteiger charge is 2.21. The van der Waals surface area contributed by atoms with Crippen LogP contribution in [0.25, 0.3) is 0 Å². The molecule has 3 heteroatoms. The summed E-state index contributed by atoms with van der Waals surface area (Å²) in [6.45, 7) is 7.28. The molecule has 1 aliphatic carbocycles. The second-order valence-electron chi connectivity index (χ2n) is 8.81. The average Bonchev–Trinajstić information content (AvgIpc) is 2.79. The first-order valence-electron chi connectivity index (χ1n) is 11.6. The van der Waals surface area contributed by atoms with Crippen molar-refractivity contribution in [1.82, 2.24) is 0 Å². The molecule has 2 aromatic rings. The summed E-state index contributed by atoms with van der Waals surface area (Å²) in [5.74, 6) is 3.12. The second kappa shape index (κ2) is 11.2. The highest BCUT2D eigenvalue weighted by atomic mass is 16.5. The summed E-state index contributed by atoms with van der Waals surface area (Å²) in [6, 6.07) is 15.3. The molecule has 0 saturated heterocycles. The van der Waals surface area contributed by atoms with Crippen LogP contribution in [0.5, 0.6) is 11.5 Å². The molecule has 2 aromatic carbocycles. The van der Waals surface area contributed by atoms with Gasteiger partial charge in [-0.2, -0.15) is 0 Å². The Morgan fingerprint density at radius 2 is 1.57 bits per heavy atom. The van der Waals surface area contributed by atoms with Gasteiger partial charge in [0.25, 0.3) is 0 Å². The molecule has 162 valence electrons. The van der Waals surface area contributed by atoms with E-state index in [-0.39, 0.29) is 5.97 Å². The zero-order valence-corrected chi connectivity index (χ0v) is 18.7. The number of ether oxygens (including phenoxy) is 2. The van der Waals surface area contributed by atoms with Gasteiger partial charge in [-0.1, -0.05) is 52.2 Å². The number of hydrogen-bond donors (Lipinski definition) is 0. The summed E-state index contributed by atoms with van der Waals surface area (Å²) in [5, 5.41) is 0. The molecule has 0 heterocycles. The number of carbonyl (C=O) groups is 1. The van der Waals surface area contributed by atoms with Crippen LogP contribution in [0, 0.1) is 11.8 Å². The fourth-order valence-electron chi connectivity index (χ4n) is 4.21.